The van der Waals surface area contributed by atoms with Crippen molar-refractivity contribution in [2.75, 3.05) is 19.6 Å². The molecule has 0 radical (unpaired) electrons. The molecule has 0 aromatic heterocycles. The average Bonchev–Trinajstić information content (AvgIpc) is 2.41. The van der Waals surface area contributed by atoms with Crippen LogP contribution in [0.15, 0.2) is 23.1 Å². The van der Waals surface area contributed by atoms with E-state index in [4.69, 9.17) is 28.9 Å². The highest BCUT2D eigenvalue weighted by Gasteiger charge is 2.31. The molecule has 1 fully saturated rings. The number of nitrogens with two attached hydrogens (primary N) is 1. The molecule has 1 atom stereocenters. The van der Waals surface area contributed by atoms with Gasteiger partial charge in [-0.2, -0.15) is 4.31 Å². The van der Waals surface area contributed by atoms with Crippen LogP contribution in [0.2, 0.25) is 10.0 Å². The van der Waals surface area contributed by atoms with E-state index in [-0.39, 0.29) is 28.2 Å². The van der Waals surface area contributed by atoms with E-state index in [1.54, 1.807) is 6.07 Å². The molecule has 0 spiro atoms. The second-order valence-electron chi connectivity index (χ2n) is 4.68. The summed E-state index contributed by atoms with van der Waals surface area (Å²) in [7, 11) is -3.60. The van der Waals surface area contributed by atoms with Crippen molar-refractivity contribution in [3.05, 3.63) is 28.2 Å². The van der Waals surface area contributed by atoms with Gasteiger partial charge in [-0.05, 0) is 43.5 Å². The molecule has 2 N–H and O–H groups in total. The van der Waals surface area contributed by atoms with E-state index < -0.39 is 10.0 Å². The summed E-state index contributed by atoms with van der Waals surface area (Å²) in [6.07, 6.45) is 1.78. The van der Waals surface area contributed by atoms with Gasteiger partial charge >= 0.3 is 0 Å². The minimum absolute atomic E-state index is 0. The first-order chi connectivity index (χ1) is 8.95. The number of halogens is 3. The highest BCUT2D eigenvalue weighted by molar-refractivity contribution is 7.89. The summed E-state index contributed by atoms with van der Waals surface area (Å²) in [5.74, 6) is 0.210. The average molecular weight is 360 g/mol. The lowest BCUT2D eigenvalue weighted by Crippen LogP contribution is -2.42. The molecule has 1 aliphatic heterocycles. The number of hydrogen-bond acceptors (Lipinski definition) is 3. The molecule has 1 unspecified atom stereocenters. The molecule has 8 heteroatoms. The Bertz CT molecular complexity index is 566. The summed E-state index contributed by atoms with van der Waals surface area (Å²) >= 11 is 11.8. The molecule has 20 heavy (non-hydrogen) atoms. The summed E-state index contributed by atoms with van der Waals surface area (Å²) in [4.78, 5) is 0.0688. The SMILES string of the molecule is Cl.NCC1CCCN(S(=O)(=O)c2cc(Cl)ccc2Cl)C1. The van der Waals surface area contributed by atoms with E-state index in [0.717, 1.165) is 12.8 Å². The normalized spacial score (nSPS) is 20.4. The molecule has 4 nitrogen and oxygen atoms in total. The summed E-state index contributed by atoms with van der Waals surface area (Å²) in [6, 6.07) is 4.47. The maximum Gasteiger partial charge on any atom is 0.244 e. The third-order valence-corrected chi connectivity index (χ3v) is 5.91. The van der Waals surface area contributed by atoms with Crippen LogP contribution in [0.1, 0.15) is 12.8 Å². The first kappa shape index (κ1) is 18.0. The quantitative estimate of drug-likeness (QED) is 0.902. The van der Waals surface area contributed by atoms with Crippen LogP contribution in [0, 0.1) is 5.92 Å². The van der Waals surface area contributed by atoms with Crippen molar-refractivity contribution in [2.45, 2.75) is 17.7 Å². The molecule has 1 aromatic carbocycles. The Balaban J connectivity index is 0.00000200. The molecule has 1 heterocycles. The third kappa shape index (κ3) is 3.78. The zero-order valence-corrected chi connectivity index (χ0v) is 13.9. The van der Waals surface area contributed by atoms with Crippen LogP contribution in [0.25, 0.3) is 0 Å². The standard InChI is InChI=1S/C12H16Cl2N2O2S.ClH/c13-10-3-4-11(14)12(6-10)19(17,18)16-5-1-2-9(7-15)8-16;/h3-4,6,9H,1-2,5,7-8,15H2;1H. The summed E-state index contributed by atoms with van der Waals surface area (Å²) < 4.78 is 26.6. The minimum Gasteiger partial charge on any atom is -0.330 e. The van der Waals surface area contributed by atoms with Gasteiger partial charge in [0, 0.05) is 18.1 Å². The van der Waals surface area contributed by atoms with Crippen molar-refractivity contribution >= 4 is 45.6 Å². The Labute approximate surface area is 135 Å². The highest BCUT2D eigenvalue weighted by atomic mass is 35.5. The highest BCUT2D eigenvalue weighted by Crippen LogP contribution is 2.30. The van der Waals surface area contributed by atoms with Gasteiger partial charge < -0.3 is 5.73 Å². The fraction of sp³-hybridized carbons (Fsp3) is 0.500. The zero-order valence-electron chi connectivity index (χ0n) is 10.8. The second kappa shape index (κ2) is 7.29. The maximum atomic E-state index is 12.6. The molecule has 1 aromatic rings. The minimum atomic E-state index is -3.60. The van der Waals surface area contributed by atoms with Crippen molar-refractivity contribution in [3.8, 4) is 0 Å². The van der Waals surface area contributed by atoms with Crippen molar-refractivity contribution < 1.29 is 8.42 Å². The topological polar surface area (TPSA) is 63.4 Å². The fourth-order valence-electron chi connectivity index (χ4n) is 2.25. The van der Waals surface area contributed by atoms with E-state index in [1.807, 2.05) is 0 Å². The van der Waals surface area contributed by atoms with E-state index in [9.17, 15) is 8.42 Å². The first-order valence-electron chi connectivity index (χ1n) is 6.10. The Morgan fingerprint density at radius 1 is 1.35 bits per heavy atom. The van der Waals surface area contributed by atoms with Crippen LogP contribution in [-0.2, 0) is 10.0 Å². The molecular formula is C12H17Cl3N2O2S. The second-order valence-corrected chi connectivity index (χ2v) is 7.43. The summed E-state index contributed by atoms with van der Waals surface area (Å²) in [6.45, 7) is 1.44. The molecule has 0 bridgehead atoms. The Kier molecular flexibility index (Phi) is 6.57. The van der Waals surface area contributed by atoms with Crippen LogP contribution in [0.4, 0.5) is 0 Å². The fourth-order valence-corrected chi connectivity index (χ4v) is 4.54. The lowest BCUT2D eigenvalue weighted by atomic mass is 10.0. The smallest absolute Gasteiger partial charge is 0.244 e. The number of piperidine rings is 1. The maximum absolute atomic E-state index is 12.6. The lowest BCUT2D eigenvalue weighted by molar-refractivity contribution is 0.271. The van der Waals surface area contributed by atoms with Crippen molar-refractivity contribution in [3.63, 3.8) is 0 Å². The van der Waals surface area contributed by atoms with Gasteiger partial charge in [0.15, 0.2) is 0 Å². The first-order valence-corrected chi connectivity index (χ1v) is 8.30. The monoisotopic (exact) mass is 358 g/mol. The van der Waals surface area contributed by atoms with Gasteiger partial charge in [-0.25, -0.2) is 8.42 Å². The van der Waals surface area contributed by atoms with Crippen LogP contribution in [0.5, 0.6) is 0 Å². The van der Waals surface area contributed by atoms with E-state index >= 15 is 0 Å². The van der Waals surface area contributed by atoms with Crippen molar-refractivity contribution in [1.29, 1.82) is 0 Å². The van der Waals surface area contributed by atoms with Gasteiger partial charge in [-0.15, -0.1) is 12.4 Å². The Morgan fingerprint density at radius 2 is 2.05 bits per heavy atom. The van der Waals surface area contributed by atoms with E-state index in [2.05, 4.69) is 0 Å². The molecule has 0 aliphatic carbocycles. The van der Waals surface area contributed by atoms with Gasteiger partial charge in [0.1, 0.15) is 4.90 Å². The number of benzene rings is 1. The molecule has 114 valence electrons. The van der Waals surface area contributed by atoms with Crippen molar-refractivity contribution in [2.24, 2.45) is 11.7 Å². The number of nitrogens with zero attached hydrogens (tertiary/aromatic N) is 1. The Hall–Kier alpha value is -0.0400. The predicted octanol–water partition coefficient (Wildman–Crippen LogP) is 2.77. The third-order valence-electron chi connectivity index (χ3n) is 3.33. The number of rotatable bonds is 3. The Morgan fingerprint density at radius 3 is 2.70 bits per heavy atom. The van der Waals surface area contributed by atoms with Gasteiger partial charge in [-0.1, -0.05) is 23.2 Å². The molecule has 2 rings (SSSR count). The summed E-state index contributed by atoms with van der Waals surface area (Å²) in [5.41, 5.74) is 5.63. The van der Waals surface area contributed by atoms with E-state index in [0.29, 0.717) is 24.7 Å². The predicted molar refractivity (Wildman–Crippen MR) is 84.2 cm³/mol. The van der Waals surface area contributed by atoms with Crippen LogP contribution < -0.4 is 5.73 Å². The van der Waals surface area contributed by atoms with Crippen LogP contribution in [-0.4, -0.2) is 32.4 Å². The van der Waals surface area contributed by atoms with Gasteiger partial charge in [0.25, 0.3) is 0 Å². The molecule has 0 amide bonds. The molecule has 1 saturated heterocycles. The van der Waals surface area contributed by atoms with Crippen LogP contribution in [0.3, 0.4) is 0 Å². The summed E-state index contributed by atoms with van der Waals surface area (Å²) in [5, 5.41) is 0.551. The van der Waals surface area contributed by atoms with Gasteiger partial charge in [0.05, 0.1) is 5.02 Å². The lowest BCUT2D eigenvalue weighted by Gasteiger charge is -2.31. The largest absolute Gasteiger partial charge is 0.330 e. The van der Waals surface area contributed by atoms with Crippen molar-refractivity contribution in [1.82, 2.24) is 4.31 Å². The molecule has 0 saturated carbocycles. The van der Waals surface area contributed by atoms with Gasteiger partial charge in [-0.3, -0.25) is 0 Å². The molecule has 1 aliphatic rings. The van der Waals surface area contributed by atoms with Gasteiger partial charge in [0.2, 0.25) is 10.0 Å². The zero-order chi connectivity index (χ0) is 14.0. The number of sulfonamides is 1. The number of hydrogen-bond donors (Lipinski definition) is 1. The molecular weight excluding hydrogens is 343 g/mol. The van der Waals surface area contributed by atoms with E-state index in [1.165, 1.54) is 16.4 Å². The van der Waals surface area contributed by atoms with Crippen LogP contribution >= 0.6 is 35.6 Å².